The molecule has 1 N–H and O–H groups in total. The van der Waals surface area contributed by atoms with Gasteiger partial charge >= 0.3 is 5.97 Å². The smallest absolute Gasteiger partial charge is 0.310 e. The van der Waals surface area contributed by atoms with E-state index >= 15 is 0 Å². The van der Waals surface area contributed by atoms with Crippen molar-refractivity contribution < 1.29 is 9.53 Å². The fourth-order valence-corrected chi connectivity index (χ4v) is 4.35. The fraction of sp³-hybridized carbons (Fsp3) is 0.762. The van der Waals surface area contributed by atoms with Gasteiger partial charge in [-0.25, -0.2) is 0 Å². The second-order valence-corrected chi connectivity index (χ2v) is 7.96. The topological polar surface area (TPSA) is 79.0 Å². The Morgan fingerprint density at radius 3 is 2.54 bits per heavy atom. The molecule has 0 bridgehead atoms. The van der Waals surface area contributed by atoms with Gasteiger partial charge in [0.15, 0.2) is 0 Å². The standard InChI is InChI=1S/C21H33N3O4/c1-2-28-21(27)16-9-7-14-24(15-16)18-17(19(25)20(18)26)22-10-8-13-23-11-5-3-4-6-12-23/h16,22H,2-15H2,1H3/t16-/m1/s1. The molecule has 1 aromatic rings. The summed E-state index contributed by atoms with van der Waals surface area (Å²) in [7, 11) is 0. The number of likely N-dealkylation sites (tertiary alicyclic amines) is 1. The molecule has 2 aliphatic rings. The van der Waals surface area contributed by atoms with Crippen LogP contribution in [0.15, 0.2) is 9.59 Å². The lowest BCUT2D eigenvalue weighted by Gasteiger charge is -2.34. The van der Waals surface area contributed by atoms with E-state index in [9.17, 15) is 14.4 Å². The Labute approximate surface area is 166 Å². The van der Waals surface area contributed by atoms with Crippen molar-refractivity contribution in [3.8, 4) is 0 Å². The summed E-state index contributed by atoms with van der Waals surface area (Å²) in [5.41, 5.74) is 0.0432. The number of nitrogens with one attached hydrogen (secondary N) is 1. The average molecular weight is 392 g/mol. The lowest BCUT2D eigenvalue weighted by molar-refractivity contribution is -0.148. The van der Waals surface area contributed by atoms with Gasteiger partial charge in [0.2, 0.25) is 0 Å². The normalized spacial score (nSPS) is 21.5. The highest BCUT2D eigenvalue weighted by atomic mass is 16.5. The van der Waals surface area contributed by atoms with Crippen LogP contribution in [0.5, 0.6) is 0 Å². The number of nitrogens with zero attached hydrogens (tertiary/aromatic N) is 2. The Morgan fingerprint density at radius 2 is 1.82 bits per heavy atom. The van der Waals surface area contributed by atoms with E-state index in [4.69, 9.17) is 4.74 Å². The van der Waals surface area contributed by atoms with Crippen LogP contribution in [0, 0.1) is 5.92 Å². The first-order valence-electron chi connectivity index (χ1n) is 10.8. The van der Waals surface area contributed by atoms with Crippen LogP contribution in [0.25, 0.3) is 0 Å². The number of carbonyl (C=O) groups excluding carboxylic acids is 1. The number of hydrogen-bond acceptors (Lipinski definition) is 7. The van der Waals surface area contributed by atoms with Crippen LogP contribution in [0.2, 0.25) is 0 Å². The van der Waals surface area contributed by atoms with Crippen molar-refractivity contribution in [3.05, 3.63) is 20.4 Å². The maximum Gasteiger partial charge on any atom is 0.310 e. The number of piperidine rings is 1. The molecule has 0 amide bonds. The third-order valence-corrected chi connectivity index (χ3v) is 5.89. The van der Waals surface area contributed by atoms with Crippen molar-refractivity contribution in [2.75, 3.05) is 56.1 Å². The maximum absolute atomic E-state index is 12.2. The molecule has 28 heavy (non-hydrogen) atoms. The highest BCUT2D eigenvalue weighted by molar-refractivity contribution is 5.78. The molecule has 0 saturated carbocycles. The largest absolute Gasteiger partial charge is 0.466 e. The van der Waals surface area contributed by atoms with Gasteiger partial charge in [0.05, 0.1) is 12.5 Å². The minimum Gasteiger partial charge on any atom is -0.466 e. The summed E-state index contributed by atoms with van der Waals surface area (Å²) in [5, 5.41) is 3.20. The van der Waals surface area contributed by atoms with Crippen molar-refractivity contribution in [3.63, 3.8) is 0 Å². The van der Waals surface area contributed by atoms with E-state index in [-0.39, 0.29) is 11.9 Å². The molecule has 3 rings (SSSR count). The van der Waals surface area contributed by atoms with Crippen LogP contribution < -0.4 is 21.1 Å². The van der Waals surface area contributed by atoms with E-state index in [1.54, 1.807) is 6.92 Å². The summed E-state index contributed by atoms with van der Waals surface area (Å²) < 4.78 is 5.13. The Bertz CT molecular complexity index is 718. The summed E-state index contributed by atoms with van der Waals surface area (Å²) >= 11 is 0. The van der Waals surface area contributed by atoms with Crippen molar-refractivity contribution >= 4 is 17.3 Å². The van der Waals surface area contributed by atoms with Gasteiger partial charge in [0.25, 0.3) is 10.9 Å². The van der Waals surface area contributed by atoms with Gasteiger partial charge in [-0.3, -0.25) is 14.4 Å². The molecule has 7 nitrogen and oxygen atoms in total. The van der Waals surface area contributed by atoms with Crippen molar-refractivity contribution in [2.24, 2.45) is 5.92 Å². The summed E-state index contributed by atoms with van der Waals surface area (Å²) in [5.74, 6) is -0.438. The third kappa shape index (κ3) is 4.93. The predicted octanol–water partition coefficient (Wildman–Crippen LogP) is 1.74. The van der Waals surface area contributed by atoms with Gasteiger partial charge in [-0.05, 0) is 58.7 Å². The van der Waals surface area contributed by atoms with Gasteiger partial charge in [-0.2, -0.15) is 0 Å². The Balaban J connectivity index is 1.53. The highest BCUT2D eigenvalue weighted by Crippen LogP contribution is 2.27. The molecule has 0 radical (unpaired) electrons. The number of ether oxygens (including phenoxy) is 1. The molecule has 0 aromatic heterocycles. The SMILES string of the molecule is CCOC(=O)[C@@H]1CCCN(c2c(NCCCN3CCCCCC3)c(=O)c2=O)C1. The lowest BCUT2D eigenvalue weighted by Crippen LogP contribution is -2.47. The Hall–Kier alpha value is -1.89. The zero-order valence-corrected chi connectivity index (χ0v) is 17.0. The first kappa shape index (κ1) is 20.8. The van der Waals surface area contributed by atoms with E-state index in [1.807, 2.05) is 4.90 Å². The molecule has 1 aromatic carbocycles. The second kappa shape index (κ2) is 10.0. The van der Waals surface area contributed by atoms with Crippen LogP contribution in [0.4, 0.5) is 11.4 Å². The minimum atomic E-state index is -0.431. The number of anilines is 2. The molecule has 2 saturated heterocycles. The average Bonchev–Trinajstić information content (AvgIpc) is 2.99. The van der Waals surface area contributed by atoms with E-state index in [0.717, 1.165) is 38.9 Å². The Kier molecular flexibility index (Phi) is 7.48. The molecular formula is C21H33N3O4. The van der Waals surface area contributed by atoms with Gasteiger partial charge in [-0.15, -0.1) is 0 Å². The zero-order chi connectivity index (χ0) is 19.9. The fourth-order valence-electron chi connectivity index (χ4n) is 4.35. The molecule has 0 aliphatic carbocycles. The van der Waals surface area contributed by atoms with E-state index in [0.29, 0.717) is 37.6 Å². The van der Waals surface area contributed by atoms with Crippen molar-refractivity contribution in [2.45, 2.75) is 51.9 Å². The monoisotopic (exact) mass is 391 g/mol. The predicted molar refractivity (Wildman–Crippen MR) is 111 cm³/mol. The van der Waals surface area contributed by atoms with Crippen LogP contribution in [-0.4, -0.2) is 56.7 Å². The number of esters is 1. The van der Waals surface area contributed by atoms with Crippen molar-refractivity contribution in [1.29, 1.82) is 0 Å². The Morgan fingerprint density at radius 1 is 1.07 bits per heavy atom. The summed E-state index contributed by atoms with van der Waals surface area (Å²) in [6, 6.07) is 0. The van der Waals surface area contributed by atoms with E-state index < -0.39 is 10.9 Å². The van der Waals surface area contributed by atoms with Gasteiger partial charge in [0, 0.05) is 19.6 Å². The lowest BCUT2D eigenvalue weighted by atomic mass is 9.96. The summed E-state index contributed by atoms with van der Waals surface area (Å²) in [6.07, 6.45) is 7.72. The molecule has 2 fully saturated rings. The molecule has 0 spiro atoms. The molecule has 2 heterocycles. The maximum atomic E-state index is 12.2. The summed E-state index contributed by atoms with van der Waals surface area (Å²) in [4.78, 5) is 40.7. The van der Waals surface area contributed by atoms with Crippen LogP contribution in [0.1, 0.15) is 51.9 Å². The summed E-state index contributed by atoms with van der Waals surface area (Å²) in [6.45, 7) is 7.33. The molecule has 0 unspecified atom stereocenters. The third-order valence-electron chi connectivity index (χ3n) is 5.89. The number of rotatable bonds is 8. The van der Waals surface area contributed by atoms with E-state index in [1.165, 1.54) is 25.7 Å². The van der Waals surface area contributed by atoms with Crippen molar-refractivity contribution in [1.82, 2.24) is 4.90 Å². The van der Waals surface area contributed by atoms with Crippen LogP contribution >= 0.6 is 0 Å². The van der Waals surface area contributed by atoms with Gasteiger partial charge in [0.1, 0.15) is 11.4 Å². The van der Waals surface area contributed by atoms with Gasteiger partial charge in [-0.1, -0.05) is 12.8 Å². The van der Waals surface area contributed by atoms with Crippen LogP contribution in [-0.2, 0) is 9.53 Å². The molecule has 7 heteroatoms. The first-order valence-corrected chi connectivity index (χ1v) is 10.8. The highest BCUT2D eigenvalue weighted by Gasteiger charge is 2.32. The zero-order valence-electron chi connectivity index (χ0n) is 17.0. The number of carbonyl (C=O) groups is 1. The molecule has 156 valence electrons. The molecule has 2 aliphatic heterocycles. The van der Waals surface area contributed by atoms with Gasteiger partial charge < -0.3 is 19.9 Å². The molecular weight excluding hydrogens is 358 g/mol. The second-order valence-electron chi connectivity index (χ2n) is 7.96. The van der Waals surface area contributed by atoms with Crippen LogP contribution in [0.3, 0.4) is 0 Å². The quantitative estimate of drug-likeness (QED) is 0.411. The minimum absolute atomic E-state index is 0.210. The van der Waals surface area contributed by atoms with E-state index in [2.05, 4.69) is 10.2 Å². The number of hydrogen-bond donors (Lipinski definition) is 1. The molecule has 1 atom stereocenters. The first-order chi connectivity index (χ1) is 13.6.